The minimum Gasteiger partial charge on any atom is -0.444 e. The molecule has 2 aromatic carbocycles. The minimum absolute atomic E-state index is 0.479. The summed E-state index contributed by atoms with van der Waals surface area (Å²) < 4.78 is 7.15. The third-order valence-corrected chi connectivity index (χ3v) is 5.31. The van der Waals surface area contributed by atoms with Crippen LogP contribution < -0.4 is 10.2 Å². The molecule has 0 radical (unpaired) electrons. The topological polar surface area (TPSA) is 84.7 Å². The largest absolute Gasteiger partial charge is 0.444 e. The Morgan fingerprint density at radius 1 is 1.14 bits per heavy atom. The number of carbonyl (C=O) groups excluding carboxylic acids is 1. The van der Waals surface area contributed by atoms with Gasteiger partial charge in [0.25, 0.3) is 5.78 Å². The van der Waals surface area contributed by atoms with Crippen LogP contribution in [0.15, 0.2) is 48.8 Å². The SMILES string of the molecule is CN(c1cccc(C#CC(C)(C)NC(=O)OC(C)(C)C)c1)c1nc2nncn2c2cc(Cl)ccc12. The molecule has 2 heterocycles. The van der Waals surface area contributed by atoms with Gasteiger partial charge in [0.2, 0.25) is 0 Å². The van der Waals surface area contributed by atoms with E-state index in [9.17, 15) is 4.79 Å². The van der Waals surface area contributed by atoms with Crippen molar-refractivity contribution in [2.24, 2.45) is 0 Å². The molecule has 0 fully saturated rings. The Morgan fingerprint density at radius 2 is 1.91 bits per heavy atom. The third-order valence-electron chi connectivity index (χ3n) is 5.08. The molecule has 9 heteroatoms. The number of carbonyl (C=O) groups is 1. The van der Waals surface area contributed by atoms with Gasteiger partial charge >= 0.3 is 6.09 Å². The van der Waals surface area contributed by atoms with Crippen molar-refractivity contribution < 1.29 is 9.53 Å². The van der Waals surface area contributed by atoms with E-state index in [4.69, 9.17) is 21.3 Å². The second-order valence-corrected chi connectivity index (χ2v) is 10.1. The van der Waals surface area contributed by atoms with E-state index in [1.165, 1.54) is 0 Å². The van der Waals surface area contributed by atoms with E-state index in [0.717, 1.165) is 22.2 Å². The number of amides is 1. The third kappa shape index (κ3) is 5.64. The summed E-state index contributed by atoms with van der Waals surface area (Å²) in [7, 11) is 1.93. The standard InChI is InChI=1S/C26H27ClN6O2/c1-25(2,3)35-24(34)30-26(4,5)13-12-17-8-7-9-19(14-17)32(6)22-20-11-10-18(27)15-21(20)33-16-28-31-23(33)29-22/h7-11,14-16H,1-6H3,(H,30,34). The maximum Gasteiger partial charge on any atom is 0.408 e. The summed E-state index contributed by atoms with van der Waals surface area (Å²) in [5.41, 5.74) is 1.19. The lowest BCUT2D eigenvalue weighted by atomic mass is 10.1. The Morgan fingerprint density at radius 3 is 2.66 bits per heavy atom. The monoisotopic (exact) mass is 490 g/mol. The minimum atomic E-state index is -0.778. The van der Waals surface area contributed by atoms with Crippen molar-refractivity contribution in [2.75, 3.05) is 11.9 Å². The van der Waals surface area contributed by atoms with Crippen LogP contribution in [0.2, 0.25) is 5.02 Å². The van der Waals surface area contributed by atoms with Crippen molar-refractivity contribution in [1.29, 1.82) is 0 Å². The fourth-order valence-electron chi connectivity index (χ4n) is 3.51. The molecule has 1 amide bonds. The number of hydrogen-bond donors (Lipinski definition) is 1. The number of fused-ring (bicyclic) bond motifs is 3. The summed E-state index contributed by atoms with van der Waals surface area (Å²) >= 11 is 6.25. The number of benzene rings is 2. The molecule has 0 bridgehead atoms. The van der Waals surface area contributed by atoms with Crippen molar-refractivity contribution in [2.45, 2.75) is 45.8 Å². The molecule has 0 unspecified atom stereocenters. The highest BCUT2D eigenvalue weighted by atomic mass is 35.5. The van der Waals surface area contributed by atoms with Crippen molar-refractivity contribution >= 4 is 45.9 Å². The van der Waals surface area contributed by atoms with E-state index in [0.29, 0.717) is 16.6 Å². The van der Waals surface area contributed by atoms with Crippen LogP contribution in [0.25, 0.3) is 16.7 Å². The van der Waals surface area contributed by atoms with Gasteiger partial charge in [-0.15, -0.1) is 10.2 Å². The van der Waals surface area contributed by atoms with Crippen LogP contribution in [-0.2, 0) is 4.74 Å². The maximum atomic E-state index is 12.2. The zero-order valence-electron chi connectivity index (χ0n) is 20.5. The lowest BCUT2D eigenvalue weighted by molar-refractivity contribution is 0.0494. The predicted molar refractivity (Wildman–Crippen MR) is 138 cm³/mol. The zero-order chi connectivity index (χ0) is 25.4. The van der Waals surface area contributed by atoms with Crippen LogP contribution in [0.3, 0.4) is 0 Å². The average molecular weight is 491 g/mol. The van der Waals surface area contributed by atoms with E-state index in [1.54, 1.807) is 10.7 Å². The molecule has 0 saturated heterocycles. The average Bonchev–Trinajstić information content (AvgIpc) is 3.24. The van der Waals surface area contributed by atoms with Crippen LogP contribution in [0.4, 0.5) is 16.3 Å². The quantitative estimate of drug-likeness (QED) is 0.389. The molecule has 35 heavy (non-hydrogen) atoms. The molecular weight excluding hydrogens is 464 g/mol. The first-order valence-electron chi connectivity index (χ1n) is 11.1. The molecule has 8 nitrogen and oxygen atoms in total. The van der Waals surface area contributed by atoms with E-state index >= 15 is 0 Å². The lowest BCUT2D eigenvalue weighted by Crippen LogP contribution is -2.44. The Balaban J connectivity index is 1.64. The fraction of sp³-hybridized carbons (Fsp3) is 0.308. The normalized spacial score (nSPS) is 11.7. The highest BCUT2D eigenvalue weighted by Gasteiger charge is 2.23. The van der Waals surface area contributed by atoms with E-state index < -0.39 is 17.2 Å². The second-order valence-electron chi connectivity index (χ2n) is 9.71. The van der Waals surface area contributed by atoms with Gasteiger partial charge in [-0.3, -0.25) is 4.40 Å². The van der Waals surface area contributed by atoms with Gasteiger partial charge in [0.1, 0.15) is 17.7 Å². The molecule has 2 aromatic heterocycles. The van der Waals surface area contributed by atoms with Gasteiger partial charge in [-0.2, -0.15) is 4.98 Å². The highest BCUT2D eigenvalue weighted by Crippen LogP contribution is 2.31. The molecule has 1 N–H and O–H groups in total. The van der Waals surface area contributed by atoms with Gasteiger partial charge in [0, 0.05) is 28.7 Å². The number of halogens is 1. The molecule has 0 saturated carbocycles. The van der Waals surface area contributed by atoms with Crippen molar-refractivity contribution in [3.05, 3.63) is 59.4 Å². The summed E-state index contributed by atoms with van der Waals surface area (Å²) in [4.78, 5) is 18.8. The number of rotatable bonds is 3. The number of aromatic nitrogens is 4. The maximum absolute atomic E-state index is 12.2. The van der Waals surface area contributed by atoms with Gasteiger partial charge in [-0.05, 0) is 71.0 Å². The van der Waals surface area contributed by atoms with Crippen molar-refractivity contribution in [3.8, 4) is 11.8 Å². The highest BCUT2D eigenvalue weighted by molar-refractivity contribution is 6.31. The second kappa shape index (κ2) is 9.08. The van der Waals surface area contributed by atoms with E-state index in [-0.39, 0.29) is 0 Å². The first kappa shape index (κ1) is 24.3. The van der Waals surface area contributed by atoms with E-state index in [1.807, 2.05) is 89.0 Å². The summed E-state index contributed by atoms with van der Waals surface area (Å²) in [6.45, 7) is 9.12. The van der Waals surface area contributed by atoms with Crippen LogP contribution in [-0.4, -0.2) is 43.9 Å². The molecule has 180 valence electrons. The van der Waals surface area contributed by atoms with E-state index in [2.05, 4.69) is 27.4 Å². The number of nitrogens with zero attached hydrogens (tertiary/aromatic N) is 5. The molecule has 4 rings (SSSR count). The number of anilines is 2. The van der Waals surface area contributed by atoms with Crippen LogP contribution in [0.1, 0.15) is 40.2 Å². The molecule has 0 aliphatic carbocycles. The molecule has 0 spiro atoms. The Hall–Kier alpha value is -3.83. The molecular formula is C26H27ClN6O2. The fourth-order valence-corrected chi connectivity index (χ4v) is 3.68. The Labute approximate surface area is 209 Å². The summed E-state index contributed by atoms with van der Waals surface area (Å²) in [5.74, 6) is 7.48. The van der Waals surface area contributed by atoms with Crippen LogP contribution in [0, 0.1) is 11.8 Å². The predicted octanol–water partition coefficient (Wildman–Crippen LogP) is 5.35. The Bertz CT molecular complexity index is 1480. The van der Waals surface area contributed by atoms with Gasteiger partial charge in [-0.1, -0.05) is 29.5 Å². The molecule has 4 aromatic rings. The molecule has 0 aliphatic rings. The smallest absolute Gasteiger partial charge is 0.408 e. The lowest BCUT2D eigenvalue weighted by Gasteiger charge is -2.24. The summed E-state index contributed by atoms with van der Waals surface area (Å²) in [6, 6.07) is 13.4. The van der Waals surface area contributed by atoms with Gasteiger partial charge in [-0.25, -0.2) is 4.79 Å². The number of alkyl carbamates (subject to hydrolysis) is 1. The first-order valence-corrected chi connectivity index (χ1v) is 11.5. The van der Waals surface area contributed by atoms with Crippen molar-refractivity contribution in [1.82, 2.24) is 24.9 Å². The molecule has 0 aliphatic heterocycles. The van der Waals surface area contributed by atoms with Crippen molar-refractivity contribution in [3.63, 3.8) is 0 Å². The summed E-state index contributed by atoms with van der Waals surface area (Å²) in [5, 5.41) is 12.4. The van der Waals surface area contributed by atoms with Gasteiger partial charge in [0.15, 0.2) is 0 Å². The zero-order valence-corrected chi connectivity index (χ0v) is 21.3. The number of hydrogen-bond acceptors (Lipinski definition) is 6. The Kier molecular flexibility index (Phi) is 6.30. The summed E-state index contributed by atoms with van der Waals surface area (Å²) in [6.07, 6.45) is 1.11. The van der Waals surface area contributed by atoms with Crippen LogP contribution >= 0.6 is 11.6 Å². The number of ether oxygens (including phenoxy) is 1. The van der Waals surface area contributed by atoms with Gasteiger partial charge in [0.05, 0.1) is 11.1 Å². The number of nitrogens with one attached hydrogen (secondary N) is 1. The molecule has 0 atom stereocenters. The van der Waals surface area contributed by atoms with Crippen LogP contribution in [0.5, 0.6) is 0 Å². The first-order chi connectivity index (χ1) is 16.4. The van der Waals surface area contributed by atoms with Gasteiger partial charge < -0.3 is 15.0 Å².